The highest BCUT2D eigenvalue weighted by Gasteiger charge is 2.32. The summed E-state index contributed by atoms with van der Waals surface area (Å²) in [5.74, 6) is 0.128. The maximum Gasteiger partial charge on any atom is 0.417 e. The van der Waals surface area contributed by atoms with E-state index in [1.165, 1.54) is 16.7 Å². The van der Waals surface area contributed by atoms with E-state index >= 15 is 0 Å². The highest BCUT2D eigenvalue weighted by atomic mass is 19.4. The Morgan fingerprint density at radius 2 is 2.00 bits per heavy atom. The van der Waals surface area contributed by atoms with Crippen LogP contribution >= 0.6 is 0 Å². The van der Waals surface area contributed by atoms with E-state index < -0.39 is 11.7 Å². The van der Waals surface area contributed by atoms with Gasteiger partial charge >= 0.3 is 6.18 Å². The number of nitrogen functional groups attached to an aromatic ring is 1. The highest BCUT2D eigenvalue weighted by Crippen LogP contribution is 2.38. The van der Waals surface area contributed by atoms with Crippen LogP contribution in [0.25, 0.3) is 16.6 Å². The molecule has 206 valence electrons. The van der Waals surface area contributed by atoms with E-state index in [2.05, 4.69) is 9.97 Å². The molecule has 5 heterocycles. The highest BCUT2D eigenvalue weighted by molar-refractivity contribution is 6.08. The minimum absolute atomic E-state index is 0.0446. The number of aryl methyl sites for hydroxylation is 1. The first-order valence-electron chi connectivity index (χ1n) is 12.6. The van der Waals surface area contributed by atoms with Crippen molar-refractivity contribution in [3.05, 3.63) is 82.6 Å². The number of carbonyl (C=O) groups excluding carboxylic acids is 1. The molecule has 0 spiro atoms. The van der Waals surface area contributed by atoms with E-state index in [1.54, 1.807) is 23.1 Å². The molecular weight excluding hydrogens is 523 g/mol. The van der Waals surface area contributed by atoms with Crippen LogP contribution in [0.1, 0.15) is 51.5 Å². The molecular formula is C28H27F3N7O2+. The van der Waals surface area contributed by atoms with Gasteiger partial charge in [-0.1, -0.05) is 0 Å². The van der Waals surface area contributed by atoms with Crippen molar-refractivity contribution >= 4 is 34.0 Å². The number of anilines is 2. The number of hydrogen-bond donors (Lipinski definition) is 1. The summed E-state index contributed by atoms with van der Waals surface area (Å²) in [4.78, 5) is 24.8. The van der Waals surface area contributed by atoms with Gasteiger partial charge in [-0.3, -0.25) is 9.69 Å². The third-order valence-electron chi connectivity index (χ3n) is 7.62. The molecule has 1 amide bonds. The Bertz CT molecular complexity index is 1820. The van der Waals surface area contributed by atoms with E-state index in [0.29, 0.717) is 40.5 Å². The minimum Gasteiger partial charge on any atom is -0.383 e. The SMILES string of the molecule is Cc1c(N(Cc2cn3cc(C(F)(F)F)ccc3n2)C(=O)c2ccc3nc(N)c4c(c3c2)CO[C@H]4C)c[n+](C)n1C. The van der Waals surface area contributed by atoms with E-state index in [-0.39, 0.29) is 18.6 Å². The summed E-state index contributed by atoms with van der Waals surface area (Å²) < 4.78 is 50.6. The lowest BCUT2D eigenvalue weighted by atomic mass is 10.00. The predicted octanol–water partition coefficient (Wildman–Crippen LogP) is 4.39. The molecule has 1 atom stereocenters. The molecule has 2 N–H and O–H groups in total. The Balaban J connectivity index is 1.44. The number of benzene rings is 1. The van der Waals surface area contributed by atoms with Crippen molar-refractivity contribution in [3.63, 3.8) is 0 Å². The van der Waals surface area contributed by atoms with Crippen LogP contribution in [0.3, 0.4) is 0 Å². The number of aromatic nitrogens is 5. The molecule has 0 saturated carbocycles. The van der Waals surface area contributed by atoms with Crippen LogP contribution in [0.2, 0.25) is 0 Å². The second-order valence-corrected chi connectivity index (χ2v) is 10.1. The average molecular weight is 551 g/mol. The van der Waals surface area contributed by atoms with Crippen LogP contribution in [0.5, 0.6) is 0 Å². The molecule has 1 aliphatic heterocycles. The number of hydrogen-bond acceptors (Lipinski definition) is 5. The zero-order chi connectivity index (χ0) is 28.5. The summed E-state index contributed by atoms with van der Waals surface area (Å²) in [6.45, 7) is 4.23. The van der Waals surface area contributed by atoms with Crippen molar-refractivity contribution < 1.29 is 27.4 Å². The number of nitrogens with two attached hydrogens (primary N) is 1. The second kappa shape index (κ2) is 9.05. The predicted molar refractivity (Wildman–Crippen MR) is 141 cm³/mol. The quantitative estimate of drug-likeness (QED) is 0.335. The number of ether oxygens (including phenoxy) is 1. The van der Waals surface area contributed by atoms with Gasteiger partial charge in [-0.05, 0) is 49.7 Å². The molecule has 5 aromatic rings. The monoisotopic (exact) mass is 550 g/mol. The largest absolute Gasteiger partial charge is 0.417 e. The Morgan fingerprint density at radius 3 is 2.70 bits per heavy atom. The minimum atomic E-state index is -4.48. The number of nitrogens with zero attached hydrogens (tertiary/aromatic N) is 6. The normalized spacial score (nSPS) is 15.2. The van der Waals surface area contributed by atoms with Crippen molar-refractivity contribution in [1.29, 1.82) is 0 Å². The van der Waals surface area contributed by atoms with E-state index in [4.69, 9.17) is 10.5 Å². The summed E-state index contributed by atoms with van der Waals surface area (Å²) in [6.07, 6.45) is -0.321. The van der Waals surface area contributed by atoms with Crippen LogP contribution < -0.4 is 15.3 Å². The molecule has 0 saturated heterocycles. The van der Waals surface area contributed by atoms with Gasteiger partial charge in [0.25, 0.3) is 5.91 Å². The third kappa shape index (κ3) is 4.15. The molecule has 0 unspecified atom stereocenters. The zero-order valence-electron chi connectivity index (χ0n) is 22.3. The fourth-order valence-electron chi connectivity index (χ4n) is 5.30. The van der Waals surface area contributed by atoms with Crippen molar-refractivity contribution in [2.24, 2.45) is 14.1 Å². The first-order chi connectivity index (χ1) is 18.9. The number of fused-ring (bicyclic) bond motifs is 4. The van der Waals surface area contributed by atoms with Gasteiger partial charge in [-0.25, -0.2) is 9.97 Å². The van der Waals surface area contributed by atoms with Crippen molar-refractivity contribution in [2.45, 2.75) is 39.3 Å². The Kier molecular flexibility index (Phi) is 5.84. The molecule has 1 aliphatic rings. The lowest BCUT2D eigenvalue weighted by Crippen LogP contribution is -2.36. The van der Waals surface area contributed by atoms with Gasteiger partial charge in [0.05, 0.1) is 43.1 Å². The molecule has 0 aliphatic carbocycles. The molecule has 0 bridgehead atoms. The van der Waals surface area contributed by atoms with Gasteiger partial charge in [0.2, 0.25) is 6.20 Å². The standard InChI is InChI=1S/C28H26F3N7O2/c1-15-23(13-35(3)36(15)4)38(12-19-11-37-10-18(28(29,30)31)6-8-24(37)33-19)27(39)17-5-7-22-20(9-17)21-14-40-16(2)25(21)26(32)34-22/h5-11,13,16H,12,14H2,1-4H3,(H-,32,34,39)/p+1/t16-/m0/s1. The molecule has 4 aromatic heterocycles. The van der Waals surface area contributed by atoms with Crippen LogP contribution in [-0.4, -0.2) is 25.0 Å². The number of imidazole rings is 1. The van der Waals surface area contributed by atoms with Crippen LogP contribution in [0.15, 0.2) is 48.9 Å². The fraction of sp³-hybridized carbons (Fsp3) is 0.286. The topological polar surface area (TPSA) is 94.6 Å². The van der Waals surface area contributed by atoms with E-state index in [1.807, 2.05) is 43.5 Å². The van der Waals surface area contributed by atoms with Crippen molar-refractivity contribution in [2.75, 3.05) is 10.6 Å². The van der Waals surface area contributed by atoms with Gasteiger partial charge in [0.1, 0.15) is 22.8 Å². The van der Waals surface area contributed by atoms with E-state index in [0.717, 1.165) is 34.5 Å². The van der Waals surface area contributed by atoms with Gasteiger partial charge in [0, 0.05) is 28.9 Å². The Hall–Kier alpha value is -4.45. The molecule has 9 nitrogen and oxygen atoms in total. The Labute approximate surface area is 227 Å². The van der Waals surface area contributed by atoms with Crippen molar-refractivity contribution in [3.8, 4) is 0 Å². The van der Waals surface area contributed by atoms with Gasteiger partial charge in [0.15, 0.2) is 7.05 Å². The fourth-order valence-corrected chi connectivity index (χ4v) is 5.30. The molecule has 0 radical (unpaired) electrons. The number of amides is 1. The number of rotatable bonds is 4. The zero-order valence-corrected chi connectivity index (χ0v) is 22.3. The number of carbonyl (C=O) groups is 1. The Morgan fingerprint density at radius 1 is 1.23 bits per heavy atom. The molecule has 0 fully saturated rings. The van der Waals surface area contributed by atoms with Crippen LogP contribution in [-0.2, 0) is 38.2 Å². The molecule has 6 rings (SSSR count). The summed E-state index contributed by atoms with van der Waals surface area (Å²) in [5, 5.41) is 0.794. The first kappa shape index (κ1) is 25.8. The number of alkyl halides is 3. The lowest BCUT2D eigenvalue weighted by Gasteiger charge is -2.20. The maximum absolute atomic E-state index is 14.1. The lowest BCUT2D eigenvalue weighted by molar-refractivity contribution is -0.751. The summed E-state index contributed by atoms with van der Waals surface area (Å²) >= 11 is 0. The second-order valence-electron chi connectivity index (χ2n) is 10.1. The maximum atomic E-state index is 14.1. The summed E-state index contributed by atoms with van der Waals surface area (Å²) in [6, 6.07) is 7.58. The molecule has 12 heteroatoms. The first-order valence-corrected chi connectivity index (χ1v) is 12.6. The smallest absolute Gasteiger partial charge is 0.383 e. The van der Waals surface area contributed by atoms with Gasteiger partial charge < -0.3 is 14.9 Å². The van der Waals surface area contributed by atoms with Gasteiger partial charge in [-0.2, -0.15) is 17.9 Å². The van der Waals surface area contributed by atoms with Crippen molar-refractivity contribution in [1.82, 2.24) is 19.1 Å². The molecule has 40 heavy (non-hydrogen) atoms. The van der Waals surface area contributed by atoms with Gasteiger partial charge in [-0.15, -0.1) is 4.68 Å². The number of halogens is 3. The summed E-state index contributed by atoms with van der Waals surface area (Å²) in [5.41, 5.74) is 10.5. The molecule has 1 aromatic carbocycles. The van der Waals surface area contributed by atoms with Crippen LogP contribution in [0, 0.1) is 6.92 Å². The van der Waals surface area contributed by atoms with E-state index in [9.17, 15) is 18.0 Å². The van der Waals surface area contributed by atoms with Crippen LogP contribution in [0.4, 0.5) is 24.7 Å². The summed E-state index contributed by atoms with van der Waals surface area (Å²) in [7, 11) is 3.74. The number of pyridine rings is 2. The average Bonchev–Trinajstić information content (AvgIpc) is 3.58. The third-order valence-corrected chi connectivity index (χ3v) is 7.62.